The highest BCUT2D eigenvalue weighted by Gasteiger charge is 2.18. The molecule has 0 spiro atoms. The van der Waals surface area contributed by atoms with E-state index in [1.165, 1.54) is 11.8 Å². The molecule has 0 atom stereocenters. The SMILES string of the molecule is COc1ccc(CNC(=O)CN(C(C)=O)c2cccc(Cl)c2C)cc1OC. The maximum atomic E-state index is 12.4. The minimum Gasteiger partial charge on any atom is -0.493 e. The summed E-state index contributed by atoms with van der Waals surface area (Å²) in [5.41, 5.74) is 2.23. The van der Waals surface area contributed by atoms with Gasteiger partial charge in [0.1, 0.15) is 6.54 Å². The molecule has 1 N–H and O–H groups in total. The highest BCUT2D eigenvalue weighted by Crippen LogP contribution is 2.28. The van der Waals surface area contributed by atoms with Crippen LogP contribution in [-0.2, 0) is 16.1 Å². The maximum Gasteiger partial charge on any atom is 0.240 e. The molecule has 0 aliphatic carbocycles. The fourth-order valence-electron chi connectivity index (χ4n) is 2.65. The lowest BCUT2D eigenvalue weighted by atomic mass is 10.1. The Bertz CT molecular complexity index is 839. The summed E-state index contributed by atoms with van der Waals surface area (Å²) >= 11 is 6.13. The molecule has 6 nitrogen and oxygen atoms in total. The Balaban J connectivity index is 2.07. The van der Waals surface area contributed by atoms with Crippen LogP contribution in [0.4, 0.5) is 5.69 Å². The monoisotopic (exact) mass is 390 g/mol. The number of benzene rings is 2. The predicted molar refractivity (Wildman–Crippen MR) is 106 cm³/mol. The zero-order chi connectivity index (χ0) is 20.0. The molecule has 144 valence electrons. The van der Waals surface area contributed by atoms with Gasteiger partial charge in [0.2, 0.25) is 11.8 Å². The number of hydrogen-bond acceptors (Lipinski definition) is 4. The predicted octanol–water partition coefficient (Wildman–Crippen LogP) is 3.33. The number of carbonyl (C=O) groups excluding carboxylic acids is 2. The summed E-state index contributed by atoms with van der Waals surface area (Å²) in [6, 6.07) is 10.7. The van der Waals surface area contributed by atoms with Gasteiger partial charge in [0.25, 0.3) is 0 Å². The van der Waals surface area contributed by atoms with Crippen molar-refractivity contribution in [3.63, 3.8) is 0 Å². The first kappa shape index (κ1) is 20.6. The van der Waals surface area contributed by atoms with E-state index in [1.54, 1.807) is 44.6 Å². The first-order chi connectivity index (χ1) is 12.9. The van der Waals surface area contributed by atoms with Crippen molar-refractivity contribution in [1.82, 2.24) is 5.32 Å². The van der Waals surface area contributed by atoms with Crippen molar-refractivity contribution in [3.8, 4) is 11.5 Å². The van der Waals surface area contributed by atoms with Gasteiger partial charge in [-0.15, -0.1) is 0 Å². The Morgan fingerprint density at radius 3 is 2.44 bits per heavy atom. The Labute approximate surface area is 164 Å². The van der Waals surface area contributed by atoms with Crippen LogP contribution in [0, 0.1) is 6.92 Å². The molecule has 0 aliphatic heterocycles. The fourth-order valence-corrected chi connectivity index (χ4v) is 2.81. The molecule has 2 amide bonds. The number of nitrogens with one attached hydrogen (secondary N) is 1. The van der Waals surface area contributed by atoms with Crippen LogP contribution < -0.4 is 19.7 Å². The number of hydrogen-bond donors (Lipinski definition) is 1. The van der Waals surface area contributed by atoms with Crippen molar-refractivity contribution >= 4 is 29.1 Å². The average Bonchev–Trinajstić information content (AvgIpc) is 2.66. The van der Waals surface area contributed by atoms with Crippen LogP contribution in [0.25, 0.3) is 0 Å². The maximum absolute atomic E-state index is 12.4. The Hall–Kier alpha value is -2.73. The van der Waals surface area contributed by atoms with Crippen LogP contribution in [0.2, 0.25) is 5.02 Å². The van der Waals surface area contributed by atoms with E-state index in [0.29, 0.717) is 28.8 Å². The minimum absolute atomic E-state index is 0.0934. The average molecular weight is 391 g/mol. The van der Waals surface area contributed by atoms with E-state index in [0.717, 1.165) is 11.1 Å². The molecule has 2 aromatic carbocycles. The molecule has 0 unspecified atom stereocenters. The summed E-state index contributed by atoms with van der Waals surface area (Å²) in [5, 5.41) is 3.36. The second-order valence-electron chi connectivity index (χ2n) is 5.96. The van der Waals surface area contributed by atoms with Crippen molar-refractivity contribution in [3.05, 3.63) is 52.5 Å². The number of nitrogens with zero attached hydrogens (tertiary/aromatic N) is 1. The highest BCUT2D eigenvalue weighted by atomic mass is 35.5. The molecular weight excluding hydrogens is 368 g/mol. The normalized spacial score (nSPS) is 10.3. The molecule has 2 rings (SSSR count). The molecule has 0 aliphatic rings. The largest absolute Gasteiger partial charge is 0.493 e. The molecule has 0 saturated carbocycles. The topological polar surface area (TPSA) is 67.9 Å². The molecule has 0 bridgehead atoms. The summed E-state index contributed by atoms with van der Waals surface area (Å²) in [4.78, 5) is 25.8. The van der Waals surface area contributed by atoms with E-state index in [9.17, 15) is 9.59 Å². The van der Waals surface area contributed by atoms with Gasteiger partial charge < -0.3 is 19.7 Å². The Morgan fingerprint density at radius 1 is 1.11 bits per heavy atom. The van der Waals surface area contributed by atoms with Crippen LogP contribution in [0.15, 0.2) is 36.4 Å². The molecule has 7 heteroatoms. The van der Waals surface area contributed by atoms with E-state index in [4.69, 9.17) is 21.1 Å². The second kappa shape index (κ2) is 9.28. The van der Waals surface area contributed by atoms with Crippen molar-refractivity contribution in [1.29, 1.82) is 0 Å². The zero-order valence-electron chi connectivity index (χ0n) is 15.8. The number of methoxy groups -OCH3 is 2. The van der Waals surface area contributed by atoms with Gasteiger partial charge in [-0.25, -0.2) is 0 Å². The van der Waals surface area contributed by atoms with Crippen molar-refractivity contribution in [2.45, 2.75) is 20.4 Å². The number of rotatable bonds is 7. The van der Waals surface area contributed by atoms with Crippen LogP contribution in [0.5, 0.6) is 11.5 Å². The number of amides is 2. The standard InChI is InChI=1S/C20H23ClN2O4/c1-13-16(21)6-5-7-17(13)23(14(2)24)12-20(25)22-11-15-8-9-18(26-3)19(10-15)27-4/h5-10H,11-12H2,1-4H3,(H,22,25). The Morgan fingerprint density at radius 2 is 1.81 bits per heavy atom. The first-order valence-corrected chi connectivity index (χ1v) is 8.76. The third kappa shape index (κ3) is 5.14. The summed E-state index contributed by atoms with van der Waals surface area (Å²) in [6.45, 7) is 3.44. The molecule has 0 heterocycles. The van der Waals surface area contributed by atoms with Gasteiger partial charge in [0.15, 0.2) is 11.5 Å². The molecule has 27 heavy (non-hydrogen) atoms. The van der Waals surface area contributed by atoms with Gasteiger partial charge in [-0.3, -0.25) is 9.59 Å². The van der Waals surface area contributed by atoms with Gasteiger partial charge in [-0.1, -0.05) is 23.7 Å². The summed E-state index contributed by atoms with van der Waals surface area (Å²) in [6.07, 6.45) is 0. The van der Waals surface area contributed by atoms with Crippen LogP contribution in [0.1, 0.15) is 18.1 Å². The molecular formula is C20H23ClN2O4. The third-order valence-corrected chi connectivity index (χ3v) is 4.56. The van der Waals surface area contributed by atoms with Gasteiger partial charge in [0, 0.05) is 24.2 Å². The van der Waals surface area contributed by atoms with E-state index in [2.05, 4.69) is 5.32 Å². The second-order valence-corrected chi connectivity index (χ2v) is 6.36. The van der Waals surface area contributed by atoms with Crippen molar-refractivity contribution in [2.75, 3.05) is 25.7 Å². The first-order valence-electron chi connectivity index (χ1n) is 8.38. The lowest BCUT2D eigenvalue weighted by molar-refractivity contribution is -0.123. The van der Waals surface area contributed by atoms with Gasteiger partial charge in [0.05, 0.1) is 14.2 Å². The van der Waals surface area contributed by atoms with Crippen LogP contribution in [-0.4, -0.2) is 32.6 Å². The summed E-state index contributed by atoms with van der Waals surface area (Å²) in [5.74, 6) is 0.692. The Kier molecular flexibility index (Phi) is 7.07. The van der Waals surface area contributed by atoms with E-state index in [-0.39, 0.29) is 18.4 Å². The molecule has 0 aromatic heterocycles. The molecule has 2 aromatic rings. The number of halogens is 1. The van der Waals surface area contributed by atoms with E-state index >= 15 is 0 Å². The quantitative estimate of drug-likeness (QED) is 0.787. The third-order valence-electron chi connectivity index (χ3n) is 4.15. The molecule has 0 saturated heterocycles. The molecule has 0 fully saturated rings. The van der Waals surface area contributed by atoms with Gasteiger partial charge >= 0.3 is 0 Å². The fraction of sp³-hybridized carbons (Fsp3) is 0.300. The van der Waals surface area contributed by atoms with Crippen molar-refractivity contribution in [2.24, 2.45) is 0 Å². The zero-order valence-corrected chi connectivity index (χ0v) is 16.6. The minimum atomic E-state index is -0.278. The van der Waals surface area contributed by atoms with Crippen molar-refractivity contribution < 1.29 is 19.1 Å². The smallest absolute Gasteiger partial charge is 0.240 e. The summed E-state index contributed by atoms with van der Waals surface area (Å²) < 4.78 is 10.5. The van der Waals surface area contributed by atoms with E-state index in [1.807, 2.05) is 13.0 Å². The lowest BCUT2D eigenvalue weighted by Gasteiger charge is -2.23. The molecule has 0 radical (unpaired) electrons. The number of ether oxygens (including phenoxy) is 2. The van der Waals surface area contributed by atoms with Gasteiger partial charge in [-0.05, 0) is 42.3 Å². The van der Waals surface area contributed by atoms with Crippen LogP contribution >= 0.6 is 11.6 Å². The number of carbonyl (C=O) groups is 2. The van der Waals surface area contributed by atoms with Crippen LogP contribution in [0.3, 0.4) is 0 Å². The van der Waals surface area contributed by atoms with Gasteiger partial charge in [-0.2, -0.15) is 0 Å². The lowest BCUT2D eigenvalue weighted by Crippen LogP contribution is -2.40. The summed E-state index contributed by atoms with van der Waals surface area (Å²) in [7, 11) is 3.12. The number of anilines is 1. The highest BCUT2D eigenvalue weighted by molar-refractivity contribution is 6.31. The van der Waals surface area contributed by atoms with E-state index < -0.39 is 0 Å².